The Bertz CT molecular complexity index is 1110. The Balaban J connectivity index is 2.23. The Kier molecular flexibility index (Phi) is 3.23. The molecule has 0 amide bonds. The monoisotopic (exact) mass is 319 g/mol. The van der Waals surface area contributed by atoms with Crippen LogP contribution in [-0.4, -0.2) is 32.6 Å². The van der Waals surface area contributed by atoms with Crippen molar-refractivity contribution in [1.82, 2.24) is 15.0 Å². The maximum absolute atomic E-state index is 12.4. The normalized spacial score (nSPS) is 11.2. The van der Waals surface area contributed by atoms with Crippen molar-refractivity contribution in [3.8, 4) is 5.75 Å². The third-order valence-electron chi connectivity index (χ3n) is 3.83. The molecule has 0 aliphatic rings. The van der Waals surface area contributed by atoms with Gasteiger partial charge in [0.25, 0.3) is 0 Å². The first-order valence-electron chi connectivity index (χ1n) is 7.54. The molecule has 0 aliphatic carbocycles. The fourth-order valence-electron chi connectivity index (χ4n) is 2.80. The SMILES string of the molecule is CCOC(=O)c1c(O)c2ccccc2c2nc3ncccc3nc12. The van der Waals surface area contributed by atoms with Crippen molar-refractivity contribution in [2.45, 2.75) is 6.92 Å². The smallest absolute Gasteiger partial charge is 0.344 e. The molecule has 2 heterocycles. The number of ether oxygens (including phenoxy) is 1. The molecule has 0 bridgehead atoms. The minimum atomic E-state index is -0.622. The van der Waals surface area contributed by atoms with E-state index >= 15 is 0 Å². The molecule has 0 unspecified atom stereocenters. The number of pyridine rings is 1. The third kappa shape index (κ3) is 2.04. The van der Waals surface area contributed by atoms with Gasteiger partial charge in [0, 0.05) is 17.0 Å². The number of carbonyl (C=O) groups is 1. The second kappa shape index (κ2) is 5.42. The average Bonchev–Trinajstić information content (AvgIpc) is 2.61. The van der Waals surface area contributed by atoms with Crippen LogP contribution >= 0.6 is 0 Å². The molecule has 6 heteroatoms. The number of rotatable bonds is 2. The summed E-state index contributed by atoms with van der Waals surface area (Å²) in [6.07, 6.45) is 1.64. The standard InChI is InChI=1S/C18H13N3O3/c1-2-24-18(23)13-15-14(10-6-3-4-7-11(10)16(13)22)21-17-12(20-15)8-5-9-19-17/h3-9,22H,2H2,1H3. The fraction of sp³-hybridized carbons (Fsp3) is 0.111. The molecule has 2 aromatic heterocycles. The van der Waals surface area contributed by atoms with Gasteiger partial charge in [0.05, 0.1) is 6.61 Å². The summed E-state index contributed by atoms with van der Waals surface area (Å²) < 4.78 is 5.10. The van der Waals surface area contributed by atoms with Gasteiger partial charge in [-0.25, -0.2) is 19.7 Å². The number of benzene rings is 2. The van der Waals surface area contributed by atoms with Gasteiger partial charge in [0.15, 0.2) is 5.65 Å². The van der Waals surface area contributed by atoms with Crippen molar-refractivity contribution >= 4 is 38.9 Å². The van der Waals surface area contributed by atoms with Crippen molar-refractivity contribution in [1.29, 1.82) is 0 Å². The van der Waals surface area contributed by atoms with E-state index in [0.29, 0.717) is 33.0 Å². The van der Waals surface area contributed by atoms with Gasteiger partial charge in [0.1, 0.15) is 27.9 Å². The van der Waals surface area contributed by atoms with E-state index in [0.717, 1.165) is 0 Å². The molecule has 4 rings (SSSR count). The Hall–Kier alpha value is -3.28. The first kappa shape index (κ1) is 14.3. The Labute approximate surface area is 136 Å². The number of phenolic OH excluding ortho intramolecular Hbond substituents is 1. The zero-order valence-electron chi connectivity index (χ0n) is 12.9. The summed E-state index contributed by atoms with van der Waals surface area (Å²) in [5.74, 6) is -0.766. The number of aromatic nitrogens is 3. The van der Waals surface area contributed by atoms with Crippen molar-refractivity contribution < 1.29 is 14.6 Å². The van der Waals surface area contributed by atoms with E-state index in [1.165, 1.54) is 0 Å². The number of phenols is 1. The van der Waals surface area contributed by atoms with Crippen LogP contribution in [0.25, 0.3) is 33.0 Å². The molecule has 0 radical (unpaired) electrons. The number of carbonyl (C=O) groups excluding carboxylic acids is 1. The quantitative estimate of drug-likeness (QED) is 0.347. The lowest BCUT2D eigenvalue weighted by atomic mass is 10.0. The van der Waals surface area contributed by atoms with Gasteiger partial charge in [-0.15, -0.1) is 0 Å². The van der Waals surface area contributed by atoms with Gasteiger partial charge < -0.3 is 9.84 Å². The van der Waals surface area contributed by atoms with Crippen molar-refractivity contribution in [2.75, 3.05) is 6.61 Å². The average molecular weight is 319 g/mol. The molecule has 0 aliphatic heterocycles. The highest BCUT2D eigenvalue weighted by Gasteiger charge is 2.23. The second-order valence-electron chi connectivity index (χ2n) is 5.26. The number of hydrogen-bond acceptors (Lipinski definition) is 6. The number of hydrogen-bond donors (Lipinski definition) is 1. The van der Waals surface area contributed by atoms with E-state index in [2.05, 4.69) is 15.0 Å². The molecule has 1 N–H and O–H groups in total. The molecule has 0 saturated carbocycles. The van der Waals surface area contributed by atoms with Crippen LogP contribution in [0.5, 0.6) is 5.75 Å². The molecule has 0 saturated heterocycles. The molecule has 4 aromatic rings. The van der Waals surface area contributed by atoms with E-state index in [1.54, 1.807) is 37.4 Å². The van der Waals surface area contributed by atoms with Crippen LogP contribution in [-0.2, 0) is 4.74 Å². The molecule has 2 aromatic carbocycles. The summed E-state index contributed by atoms with van der Waals surface area (Å²) in [7, 11) is 0. The highest BCUT2D eigenvalue weighted by Crippen LogP contribution is 2.36. The van der Waals surface area contributed by atoms with Crippen LogP contribution in [0.4, 0.5) is 0 Å². The van der Waals surface area contributed by atoms with Crippen molar-refractivity contribution in [3.63, 3.8) is 0 Å². The minimum absolute atomic E-state index is 0.0313. The molecular formula is C18H13N3O3. The van der Waals surface area contributed by atoms with Crippen LogP contribution < -0.4 is 0 Å². The predicted octanol–water partition coefficient (Wildman–Crippen LogP) is 3.21. The van der Waals surface area contributed by atoms with E-state index in [1.807, 2.05) is 12.1 Å². The number of esters is 1. The second-order valence-corrected chi connectivity index (χ2v) is 5.26. The minimum Gasteiger partial charge on any atom is -0.506 e. The highest BCUT2D eigenvalue weighted by atomic mass is 16.5. The zero-order chi connectivity index (χ0) is 16.7. The van der Waals surface area contributed by atoms with Gasteiger partial charge in [-0.1, -0.05) is 24.3 Å². The van der Waals surface area contributed by atoms with Crippen LogP contribution in [0, 0.1) is 0 Å². The summed E-state index contributed by atoms with van der Waals surface area (Å²) in [5.41, 5.74) is 1.88. The molecule has 0 atom stereocenters. The molecule has 24 heavy (non-hydrogen) atoms. The van der Waals surface area contributed by atoms with Gasteiger partial charge in [-0.3, -0.25) is 0 Å². The maximum atomic E-state index is 12.4. The van der Waals surface area contributed by atoms with Gasteiger partial charge in [-0.2, -0.15) is 0 Å². The van der Waals surface area contributed by atoms with Crippen molar-refractivity contribution in [3.05, 3.63) is 48.2 Å². The topological polar surface area (TPSA) is 85.2 Å². The molecular weight excluding hydrogens is 306 g/mol. The summed E-state index contributed by atoms with van der Waals surface area (Å²) in [4.78, 5) is 25.7. The van der Waals surface area contributed by atoms with E-state index in [-0.39, 0.29) is 17.9 Å². The van der Waals surface area contributed by atoms with Gasteiger partial charge in [0.2, 0.25) is 0 Å². The van der Waals surface area contributed by atoms with Crippen LogP contribution in [0.3, 0.4) is 0 Å². The lowest BCUT2D eigenvalue weighted by Gasteiger charge is -2.12. The number of aromatic hydroxyl groups is 1. The molecule has 0 fully saturated rings. The Morgan fingerprint density at radius 1 is 1.08 bits per heavy atom. The van der Waals surface area contributed by atoms with Crippen molar-refractivity contribution in [2.24, 2.45) is 0 Å². The first-order chi connectivity index (χ1) is 11.7. The van der Waals surface area contributed by atoms with E-state index in [9.17, 15) is 9.90 Å². The maximum Gasteiger partial charge on any atom is 0.344 e. The highest BCUT2D eigenvalue weighted by molar-refractivity contribution is 6.17. The van der Waals surface area contributed by atoms with Crippen LogP contribution in [0.2, 0.25) is 0 Å². The molecule has 6 nitrogen and oxygen atoms in total. The van der Waals surface area contributed by atoms with Gasteiger partial charge >= 0.3 is 5.97 Å². The number of fused-ring (bicyclic) bond motifs is 4. The van der Waals surface area contributed by atoms with E-state index in [4.69, 9.17) is 4.74 Å². The fourth-order valence-corrected chi connectivity index (χ4v) is 2.80. The summed E-state index contributed by atoms with van der Waals surface area (Å²) >= 11 is 0. The molecule has 118 valence electrons. The summed E-state index contributed by atoms with van der Waals surface area (Å²) in [5, 5.41) is 11.9. The predicted molar refractivity (Wildman–Crippen MR) is 90.0 cm³/mol. The lowest BCUT2D eigenvalue weighted by Crippen LogP contribution is -2.08. The Morgan fingerprint density at radius 3 is 2.67 bits per heavy atom. The van der Waals surface area contributed by atoms with E-state index < -0.39 is 5.97 Å². The van der Waals surface area contributed by atoms with Crippen LogP contribution in [0.15, 0.2) is 42.6 Å². The first-order valence-corrected chi connectivity index (χ1v) is 7.54. The lowest BCUT2D eigenvalue weighted by molar-refractivity contribution is 0.0525. The van der Waals surface area contributed by atoms with Crippen LogP contribution in [0.1, 0.15) is 17.3 Å². The third-order valence-corrected chi connectivity index (χ3v) is 3.83. The number of nitrogens with zero attached hydrogens (tertiary/aromatic N) is 3. The molecule has 0 spiro atoms. The largest absolute Gasteiger partial charge is 0.506 e. The summed E-state index contributed by atoms with van der Waals surface area (Å²) in [6, 6.07) is 10.7. The summed E-state index contributed by atoms with van der Waals surface area (Å²) in [6.45, 7) is 1.92. The van der Waals surface area contributed by atoms with Gasteiger partial charge in [-0.05, 0) is 19.1 Å². The Morgan fingerprint density at radius 2 is 1.88 bits per heavy atom. The zero-order valence-corrected chi connectivity index (χ0v) is 12.9.